The van der Waals surface area contributed by atoms with E-state index in [0.717, 1.165) is 83.2 Å². The van der Waals surface area contributed by atoms with Crippen molar-refractivity contribution in [3.63, 3.8) is 0 Å². The zero-order chi connectivity index (χ0) is 43.6. The Morgan fingerprint density at radius 3 is 1.98 bits per heavy atom. The summed E-state index contributed by atoms with van der Waals surface area (Å²) in [6.45, 7) is 6.21. The van der Waals surface area contributed by atoms with E-state index in [1.54, 1.807) is 0 Å². The molecule has 0 saturated heterocycles. The fourth-order valence-corrected chi connectivity index (χ4v) is 9.57. The molecule has 8 aromatic carbocycles. The topological polar surface area (TPSA) is 45.1 Å². The van der Waals surface area contributed by atoms with E-state index in [2.05, 4.69) is 223 Å². The summed E-state index contributed by atoms with van der Waals surface area (Å²) < 4.78 is 20.9. The van der Waals surface area contributed by atoms with E-state index in [1.807, 2.05) is 24.4 Å². The molecule has 0 aliphatic carbocycles. The van der Waals surface area contributed by atoms with Crippen LogP contribution in [0.2, 0.25) is 0 Å². The second-order valence-corrected chi connectivity index (χ2v) is 17.7. The van der Waals surface area contributed by atoms with E-state index >= 15 is 0 Å². The zero-order valence-corrected chi connectivity index (χ0v) is 36.3. The summed E-state index contributed by atoms with van der Waals surface area (Å²) in [5, 5.41) is 2.30. The Kier molecular flexibility index (Phi) is 9.05. The Balaban J connectivity index is 1.04. The van der Waals surface area contributed by atoms with Crippen LogP contribution >= 0.6 is 0 Å². The molecular weight excluding hydrogens is 795 g/mol. The van der Waals surface area contributed by atoms with Crippen molar-refractivity contribution in [3.8, 4) is 56.7 Å². The van der Waals surface area contributed by atoms with Crippen LogP contribution in [0.1, 0.15) is 26.3 Å². The summed E-state index contributed by atoms with van der Waals surface area (Å²) in [6.07, 6.45) is 5.68. The molecule has 310 valence electrons. The van der Waals surface area contributed by atoms with Crippen molar-refractivity contribution in [2.24, 2.45) is 0 Å². The lowest BCUT2D eigenvalue weighted by Gasteiger charge is -2.23. The van der Waals surface area contributed by atoms with Gasteiger partial charge in [-0.2, -0.15) is 0 Å². The van der Waals surface area contributed by atoms with Crippen LogP contribution in [-0.4, -0.2) is 21.0 Å². The van der Waals surface area contributed by atoms with Gasteiger partial charge >= 0.3 is 6.92 Å². The molecule has 0 radical (unpaired) electrons. The third-order valence-corrected chi connectivity index (χ3v) is 12.7. The van der Waals surface area contributed by atoms with Gasteiger partial charge in [-0.05, 0) is 105 Å². The number of para-hydroxylation sites is 3. The van der Waals surface area contributed by atoms with Crippen molar-refractivity contribution in [1.82, 2.24) is 14.1 Å². The van der Waals surface area contributed by atoms with Crippen LogP contribution in [0.5, 0.6) is 17.2 Å². The molecule has 11 aromatic rings. The van der Waals surface area contributed by atoms with Crippen LogP contribution in [0, 0.1) is 6.33 Å². The number of pyridine rings is 1. The SMILES string of the molecule is CC(C)(C)c1ccnc(-n2c3ccccc3c3ccc(Oc4ccc5c(c4)-n4[c-][n+](-c6ccccc6)c6cccc(c64)B(c4c(-c6ccccc6)cccc4-c4ccccc4)O5)cc32)c1. The second kappa shape index (κ2) is 15.3. The second-order valence-electron chi connectivity index (χ2n) is 17.7. The van der Waals surface area contributed by atoms with Crippen LogP contribution in [0.4, 0.5) is 0 Å². The maximum atomic E-state index is 7.42. The first-order chi connectivity index (χ1) is 31.9. The third-order valence-electron chi connectivity index (χ3n) is 12.7. The van der Waals surface area contributed by atoms with Crippen LogP contribution in [0.15, 0.2) is 206 Å². The molecule has 0 amide bonds. The van der Waals surface area contributed by atoms with Gasteiger partial charge in [0, 0.05) is 23.0 Å². The number of hydrogen-bond donors (Lipinski definition) is 0. The highest BCUT2D eigenvalue weighted by atomic mass is 16.5. The van der Waals surface area contributed by atoms with Crippen LogP contribution in [0.3, 0.4) is 0 Å². The Hall–Kier alpha value is -8.16. The van der Waals surface area contributed by atoms with Crippen molar-refractivity contribution in [1.29, 1.82) is 0 Å². The molecule has 65 heavy (non-hydrogen) atoms. The van der Waals surface area contributed by atoms with E-state index in [0.29, 0.717) is 17.2 Å². The smallest absolute Gasteiger partial charge is 0.423 e. The predicted molar refractivity (Wildman–Crippen MR) is 264 cm³/mol. The number of ether oxygens (including phenoxy) is 1. The maximum absolute atomic E-state index is 7.42. The normalized spacial score (nSPS) is 12.3. The summed E-state index contributed by atoms with van der Waals surface area (Å²) in [4.78, 5) is 4.90. The quantitative estimate of drug-likeness (QED) is 0.0912. The standard InChI is InChI=1S/C58H43BN4O2/c1-58(2,3)41-33-34-60-55(35-41)63-50-27-14-13-23-47(50)48-31-29-43(36-52(48)63)64-44-30-32-54-53(37-44)62-38-61(42-21-11-6-12-22-42)51-28-16-26-49(57(51)62)59(65-54)56-45(39-17-7-4-8-18-39)24-15-25-46(56)40-19-9-5-10-20-40/h4-37H,1-3H3. The maximum Gasteiger partial charge on any atom is 0.423 e. The number of hydrogen-bond acceptors (Lipinski definition) is 3. The highest BCUT2D eigenvalue weighted by molar-refractivity contribution is 6.84. The molecule has 1 aliphatic rings. The largest absolute Gasteiger partial charge is 0.554 e. The monoisotopic (exact) mass is 838 g/mol. The van der Waals surface area contributed by atoms with Crippen molar-refractivity contribution < 1.29 is 14.0 Å². The average Bonchev–Trinajstić information content (AvgIpc) is 3.86. The first-order valence-electron chi connectivity index (χ1n) is 22.1. The summed E-state index contributed by atoms with van der Waals surface area (Å²) in [5.41, 5.74) is 13.8. The van der Waals surface area contributed by atoms with Crippen LogP contribution in [0.25, 0.3) is 72.3 Å². The molecular formula is C58H43BN4O2. The van der Waals surface area contributed by atoms with Gasteiger partial charge in [-0.15, -0.1) is 0 Å². The average molecular weight is 839 g/mol. The van der Waals surface area contributed by atoms with E-state index in [4.69, 9.17) is 14.4 Å². The third kappa shape index (κ3) is 6.58. The van der Waals surface area contributed by atoms with E-state index in [-0.39, 0.29) is 5.41 Å². The fourth-order valence-electron chi connectivity index (χ4n) is 9.57. The lowest BCUT2D eigenvalue weighted by molar-refractivity contribution is -0.572. The zero-order valence-electron chi connectivity index (χ0n) is 36.3. The van der Waals surface area contributed by atoms with Gasteiger partial charge in [-0.25, -0.2) is 4.98 Å². The highest BCUT2D eigenvalue weighted by Crippen LogP contribution is 2.39. The van der Waals surface area contributed by atoms with Crippen LogP contribution in [-0.2, 0) is 5.41 Å². The van der Waals surface area contributed by atoms with Crippen molar-refractivity contribution >= 4 is 50.7 Å². The molecule has 7 heteroatoms. The van der Waals surface area contributed by atoms with Gasteiger partial charge in [0.05, 0.1) is 27.8 Å². The Morgan fingerprint density at radius 2 is 1.25 bits per heavy atom. The highest BCUT2D eigenvalue weighted by Gasteiger charge is 2.36. The molecule has 4 heterocycles. The minimum absolute atomic E-state index is 0.0289. The first kappa shape index (κ1) is 38.5. The van der Waals surface area contributed by atoms with Crippen molar-refractivity contribution in [3.05, 3.63) is 218 Å². The fraction of sp³-hybridized carbons (Fsp3) is 0.0690. The molecule has 6 nitrogen and oxygen atoms in total. The van der Waals surface area contributed by atoms with E-state index < -0.39 is 6.92 Å². The van der Waals surface area contributed by atoms with Gasteiger partial charge in [0.2, 0.25) is 0 Å². The molecule has 0 unspecified atom stereocenters. The minimum atomic E-state index is -0.487. The van der Waals surface area contributed by atoms with Crippen molar-refractivity contribution in [2.45, 2.75) is 26.2 Å². The lowest BCUT2D eigenvalue weighted by Crippen LogP contribution is -2.49. The van der Waals surface area contributed by atoms with Gasteiger partial charge in [0.15, 0.2) is 0 Å². The Morgan fingerprint density at radius 1 is 0.600 bits per heavy atom. The van der Waals surface area contributed by atoms with Crippen LogP contribution < -0.4 is 24.9 Å². The molecule has 1 aliphatic heterocycles. The number of benzene rings is 8. The lowest BCUT2D eigenvalue weighted by atomic mass is 9.51. The number of fused-ring (bicyclic) bond motifs is 5. The molecule has 0 fully saturated rings. The molecule has 0 spiro atoms. The van der Waals surface area contributed by atoms with Gasteiger partial charge in [-0.3, -0.25) is 13.7 Å². The Bertz CT molecular complexity index is 3540. The van der Waals surface area contributed by atoms with Gasteiger partial charge in [0.1, 0.15) is 28.8 Å². The number of imidazole rings is 1. The molecule has 0 atom stereocenters. The number of rotatable bonds is 7. The summed E-state index contributed by atoms with van der Waals surface area (Å²) in [6, 6.07) is 70.0. The predicted octanol–water partition coefficient (Wildman–Crippen LogP) is 12.1. The van der Waals surface area contributed by atoms with Gasteiger partial charge < -0.3 is 9.39 Å². The number of nitrogens with zero attached hydrogens (tertiary/aromatic N) is 4. The summed E-state index contributed by atoms with van der Waals surface area (Å²) in [7, 11) is 0. The van der Waals surface area contributed by atoms with Gasteiger partial charge in [0.25, 0.3) is 6.33 Å². The molecule has 0 bridgehead atoms. The van der Waals surface area contributed by atoms with E-state index in [1.165, 1.54) is 5.56 Å². The summed E-state index contributed by atoms with van der Waals surface area (Å²) >= 11 is 0. The molecule has 0 saturated carbocycles. The Labute approximate surface area is 378 Å². The van der Waals surface area contributed by atoms with Gasteiger partial charge in [-0.1, -0.05) is 154 Å². The summed E-state index contributed by atoms with van der Waals surface area (Å²) in [5.74, 6) is 2.98. The molecule has 12 rings (SSSR count). The van der Waals surface area contributed by atoms with Crippen molar-refractivity contribution in [2.75, 3.05) is 0 Å². The first-order valence-corrected chi connectivity index (χ1v) is 22.1. The molecule has 3 aromatic heterocycles. The number of aromatic nitrogens is 4. The molecule has 0 N–H and O–H groups in total. The van der Waals surface area contributed by atoms with E-state index in [9.17, 15) is 0 Å². The minimum Gasteiger partial charge on any atom is -0.554 e.